The minimum Gasteiger partial charge on any atom is -0.495 e. The van der Waals surface area contributed by atoms with Crippen molar-refractivity contribution >= 4 is 29.1 Å². The molecular formula is C16H17ClN4O3. The normalized spacial score (nSPS) is 14.3. The van der Waals surface area contributed by atoms with Crippen molar-refractivity contribution < 1.29 is 14.3 Å². The van der Waals surface area contributed by atoms with Crippen LogP contribution in [0.4, 0.5) is 11.6 Å². The number of amides is 1. The summed E-state index contributed by atoms with van der Waals surface area (Å²) in [6.45, 7) is 2.65. The highest BCUT2D eigenvalue weighted by molar-refractivity contribution is 6.31. The van der Waals surface area contributed by atoms with E-state index in [-0.39, 0.29) is 11.6 Å². The molecule has 0 aliphatic carbocycles. The van der Waals surface area contributed by atoms with E-state index >= 15 is 0 Å². The van der Waals surface area contributed by atoms with Gasteiger partial charge >= 0.3 is 0 Å². The monoisotopic (exact) mass is 348 g/mol. The summed E-state index contributed by atoms with van der Waals surface area (Å²) in [6, 6.07) is 6.58. The zero-order chi connectivity index (χ0) is 16.9. The molecule has 0 atom stereocenters. The van der Waals surface area contributed by atoms with E-state index in [0.717, 1.165) is 0 Å². The van der Waals surface area contributed by atoms with Crippen molar-refractivity contribution in [2.45, 2.75) is 0 Å². The second kappa shape index (κ2) is 7.46. The van der Waals surface area contributed by atoms with Gasteiger partial charge in [-0.1, -0.05) is 11.6 Å². The lowest BCUT2D eigenvalue weighted by molar-refractivity contribution is 0.102. The van der Waals surface area contributed by atoms with Gasteiger partial charge in [-0.15, -0.1) is 0 Å². The highest BCUT2D eigenvalue weighted by Gasteiger charge is 2.17. The fourth-order valence-electron chi connectivity index (χ4n) is 2.35. The Bertz CT molecular complexity index is 735. The summed E-state index contributed by atoms with van der Waals surface area (Å²) in [5.74, 6) is 0.687. The SMILES string of the molecule is COc1ccc(Cl)cc1NC(=O)c1ccnc(N2CCOCC2)n1. The molecule has 3 rings (SSSR count). The third kappa shape index (κ3) is 3.74. The Morgan fingerprint density at radius 2 is 2.12 bits per heavy atom. The number of benzene rings is 1. The van der Waals surface area contributed by atoms with Gasteiger partial charge in [0.1, 0.15) is 11.4 Å². The molecule has 0 saturated carbocycles. The Labute approximate surface area is 144 Å². The first-order valence-electron chi connectivity index (χ1n) is 7.48. The first-order valence-corrected chi connectivity index (χ1v) is 7.86. The Hall–Kier alpha value is -2.38. The van der Waals surface area contributed by atoms with E-state index in [2.05, 4.69) is 15.3 Å². The van der Waals surface area contributed by atoms with Crippen LogP contribution in [-0.4, -0.2) is 49.3 Å². The number of nitrogens with one attached hydrogen (secondary N) is 1. The van der Waals surface area contributed by atoms with Crippen LogP contribution in [0.5, 0.6) is 5.75 Å². The minimum absolute atomic E-state index is 0.272. The molecule has 24 heavy (non-hydrogen) atoms. The molecule has 0 spiro atoms. The van der Waals surface area contributed by atoms with Crippen molar-refractivity contribution in [3.05, 3.63) is 41.2 Å². The molecule has 1 saturated heterocycles. The zero-order valence-corrected chi connectivity index (χ0v) is 13.9. The molecule has 1 aliphatic rings. The number of aromatic nitrogens is 2. The van der Waals surface area contributed by atoms with Crippen molar-refractivity contribution in [3.63, 3.8) is 0 Å². The molecule has 1 aromatic carbocycles. The van der Waals surface area contributed by atoms with E-state index in [1.807, 2.05) is 4.90 Å². The summed E-state index contributed by atoms with van der Waals surface area (Å²) in [5.41, 5.74) is 0.759. The number of halogens is 1. The Kier molecular flexibility index (Phi) is 5.12. The first-order chi connectivity index (χ1) is 11.7. The molecule has 1 aliphatic heterocycles. The number of methoxy groups -OCH3 is 1. The first kappa shape index (κ1) is 16.5. The number of morpholine rings is 1. The number of hydrogen-bond acceptors (Lipinski definition) is 6. The highest BCUT2D eigenvalue weighted by Crippen LogP contribution is 2.28. The maximum Gasteiger partial charge on any atom is 0.274 e. The smallest absolute Gasteiger partial charge is 0.274 e. The molecule has 126 valence electrons. The lowest BCUT2D eigenvalue weighted by atomic mass is 10.2. The third-order valence-corrected chi connectivity index (χ3v) is 3.81. The quantitative estimate of drug-likeness (QED) is 0.913. The van der Waals surface area contributed by atoms with Gasteiger partial charge in [0.15, 0.2) is 0 Å². The number of anilines is 2. The fraction of sp³-hybridized carbons (Fsp3) is 0.312. The Balaban J connectivity index is 1.79. The summed E-state index contributed by atoms with van der Waals surface area (Å²) in [7, 11) is 1.53. The van der Waals surface area contributed by atoms with Gasteiger partial charge in [0, 0.05) is 24.3 Å². The van der Waals surface area contributed by atoms with Crippen LogP contribution in [0.1, 0.15) is 10.5 Å². The predicted molar refractivity (Wildman–Crippen MR) is 91.0 cm³/mol. The maximum absolute atomic E-state index is 12.5. The number of hydrogen-bond donors (Lipinski definition) is 1. The third-order valence-electron chi connectivity index (χ3n) is 3.58. The van der Waals surface area contributed by atoms with Crippen LogP contribution in [0, 0.1) is 0 Å². The van der Waals surface area contributed by atoms with E-state index in [0.29, 0.717) is 48.7 Å². The molecule has 7 nitrogen and oxygen atoms in total. The summed E-state index contributed by atoms with van der Waals surface area (Å²) >= 11 is 5.98. The fourth-order valence-corrected chi connectivity index (χ4v) is 2.53. The molecule has 1 amide bonds. The van der Waals surface area contributed by atoms with E-state index in [9.17, 15) is 4.79 Å². The molecule has 1 N–H and O–H groups in total. The molecule has 8 heteroatoms. The second-order valence-corrected chi connectivity index (χ2v) is 5.58. The number of carbonyl (C=O) groups is 1. The van der Waals surface area contributed by atoms with Gasteiger partial charge in [-0.05, 0) is 24.3 Å². The summed E-state index contributed by atoms with van der Waals surface area (Å²) < 4.78 is 10.5. The number of nitrogens with zero attached hydrogens (tertiary/aromatic N) is 3. The van der Waals surface area contributed by atoms with E-state index in [1.54, 1.807) is 30.5 Å². The van der Waals surface area contributed by atoms with E-state index in [4.69, 9.17) is 21.1 Å². The average Bonchev–Trinajstić information content (AvgIpc) is 2.63. The summed E-state index contributed by atoms with van der Waals surface area (Å²) in [4.78, 5) is 23.0. The number of rotatable bonds is 4. The van der Waals surface area contributed by atoms with Crippen LogP contribution in [0.25, 0.3) is 0 Å². The van der Waals surface area contributed by atoms with Crippen molar-refractivity contribution in [1.82, 2.24) is 9.97 Å². The standard InChI is InChI=1S/C16H17ClN4O3/c1-23-14-3-2-11(17)10-13(14)19-15(22)12-4-5-18-16(20-12)21-6-8-24-9-7-21/h2-5,10H,6-9H2,1H3,(H,19,22). The predicted octanol–water partition coefficient (Wildman–Crippen LogP) is 2.23. The molecule has 0 bridgehead atoms. The van der Waals surface area contributed by atoms with Crippen molar-refractivity contribution in [1.29, 1.82) is 0 Å². The zero-order valence-electron chi connectivity index (χ0n) is 13.2. The van der Waals surface area contributed by atoms with Crippen LogP contribution in [0.3, 0.4) is 0 Å². The van der Waals surface area contributed by atoms with E-state index in [1.165, 1.54) is 7.11 Å². The molecule has 2 heterocycles. The molecule has 0 radical (unpaired) electrons. The van der Waals surface area contributed by atoms with E-state index < -0.39 is 0 Å². The lowest BCUT2D eigenvalue weighted by Crippen LogP contribution is -2.37. The van der Waals surface area contributed by atoms with Crippen LogP contribution in [-0.2, 0) is 4.74 Å². The molecule has 1 aromatic heterocycles. The molecule has 1 fully saturated rings. The number of carbonyl (C=O) groups excluding carboxylic acids is 1. The lowest BCUT2D eigenvalue weighted by Gasteiger charge is -2.26. The van der Waals surface area contributed by atoms with Crippen LogP contribution in [0.2, 0.25) is 5.02 Å². The van der Waals surface area contributed by atoms with Crippen LogP contribution < -0.4 is 15.0 Å². The summed E-state index contributed by atoms with van der Waals surface area (Å²) in [5, 5.41) is 3.27. The average molecular weight is 349 g/mol. The minimum atomic E-state index is -0.354. The van der Waals surface area contributed by atoms with Gasteiger partial charge in [-0.3, -0.25) is 4.79 Å². The second-order valence-electron chi connectivity index (χ2n) is 5.14. The van der Waals surface area contributed by atoms with Crippen molar-refractivity contribution in [2.75, 3.05) is 43.6 Å². The van der Waals surface area contributed by atoms with Crippen LogP contribution in [0.15, 0.2) is 30.5 Å². The van der Waals surface area contributed by atoms with Crippen molar-refractivity contribution in [2.24, 2.45) is 0 Å². The molecular weight excluding hydrogens is 332 g/mol. The van der Waals surface area contributed by atoms with Gasteiger partial charge in [-0.25, -0.2) is 9.97 Å². The maximum atomic E-state index is 12.5. The van der Waals surface area contributed by atoms with Gasteiger partial charge in [0.25, 0.3) is 5.91 Å². The van der Waals surface area contributed by atoms with Crippen molar-refractivity contribution in [3.8, 4) is 5.75 Å². The largest absolute Gasteiger partial charge is 0.495 e. The molecule has 0 unspecified atom stereocenters. The Morgan fingerprint density at radius 1 is 1.33 bits per heavy atom. The summed E-state index contributed by atoms with van der Waals surface area (Å²) in [6.07, 6.45) is 1.57. The number of ether oxygens (including phenoxy) is 2. The topological polar surface area (TPSA) is 76.6 Å². The van der Waals surface area contributed by atoms with Gasteiger partial charge in [0.05, 0.1) is 26.0 Å². The van der Waals surface area contributed by atoms with Crippen LogP contribution >= 0.6 is 11.6 Å². The van der Waals surface area contributed by atoms with Gasteiger partial charge < -0.3 is 19.7 Å². The highest BCUT2D eigenvalue weighted by atomic mass is 35.5. The molecule has 2 aromatic rings. The Morgan fingerprint density at radius 3 is 2.88 bits per heavy atom. The van der Waals surface area contributed by atoms with Gasteiger partial charge in [-0.2, -0.15) is 0 Å². The van der Waals surface area contributed by atoms with Gasteiger partial charge in [0.2, 0.25) is 5.95 Å².